The largest absolute Gasteiger partial charge is 0.481 e. The van der Waals surface area contributed by atoms with Crippen molar-refractivity contribution in [2.75, 3.05) is 6.61 Å². The summed E-state index contributed by atoms with van der Waals surface area (Å²) in [5.41, 5.74) is 4.60. The fraction of sp³-hybridized carbons (Fsp3) is 0.308. The molecule has 1 aliphatic carbocycles. The van der Waals surface area contributed by atoms with Gasteiger partial charge in [-0.1, -0.05) is 61.9 Å². The molecule has 1 atom stereocenters. The van der Waals surface area contributed by atoms with Crippen molar-refractivity contribution in [3.8, 4) is 11.1 Å². The molecule has 182 valence electrons. The summed E-state index contributed by atoms with van der Waals surface area (Å²) in [7, 11) is 0. The molecule has 4 rings (SSSR count). The first-order valence-corrected chi connectivity index (χ1v) is 12.3. The summed E-state index contributed by atoms with van der Waals surface area (Å²) in [6.07, 6.45) is 2.08. The van der Waals surface area contributed by atoms with Crippen LogP contribution in [0.2, 0.25) is 0 Å². The highest BCUT2D eigenvalue weighted by atomic mass is 32.1. The van der Waals surface area contributed by atoms with Gasteiger partial charge in [0, 0.05) is 12.0 Å². The van der Waals surface area contributed by atoms with Gasteiger partial charge >= 0.3 is 12.1 Å². The molecule has 1 aromatic heterocycles. The summed E-state index contributed by atoms with van der Waals surface area (Å²) < 4.78 is 5.52. The Balaban J connectivity index is 1.29. The first kappa shape index (κ1) is 24.4. The number of thiazole rings is 1. The summed E-state index contributed by atoms with van der Waals surface area (Å²) in [5, 5.41) is 15.0. The maximum absolute atomic E-state index is 12.5. The van der Waals surface area contributed by atoms with Gasteiger partial charge in [-0.3, -0.25) is 9.59 Å². The Hall–Kier alpha value is -3.72. The van der Waals surface area contributed by atoms with Crippen molar-refractivity contribution in [2.24, 2.45) is 0 Å². The number of carboxylic acids is 1. The van der Waals surface area contributed by atoms with Gasteiger partial charge in [-0.25, -0.2) is 9.78 Å². The number of aliphatic carboxylic acids is 1. The molecule has 1 aliphatic rings. The Bertz CT molecular complexity index is 1180. The average Bonchev–Trinajstić information content (AvgIpc) is 3.44. The molecule has 0 fully saturated rings. The Morgan fingerprint density at radius 2 is 1.74 bits per heavy atom. The van der Waals surface area contributed by atoms with Crippen molar-refractivity contribution in [2.45, 2.75) is 44.7 Å². The fourth-order valence-electron chi connectivity index (χ4n) is 4.34. The fourth-order valence-corrected chi connectivity index (χ4v) is 5.10. The van der Waals surface area contributed by atoms with Gasteiger partial charge in [0.15, 0.2) is 0 Å². The van der Waals surface area contributed by atoms with E-state index in [4.69, 9.17) is 9.84 Å². The van der Waals surface area contributed by atoms with Gasteiger partial charge in [0.05, 0.1) is 19.2 Å². The first-order chi connectivity index (χ1) is 17.0. The molecule has 0 spiro atoms. The molecule has 1 unspecified atom stereocenters. The number of hydrogen-bond donors (Lipinski definition) is 3. The second-order valence-electron chi connectivity index (χ2n) is 8.35. The molecule has 9 heteroatoms. The van der Waals surface area contributed by atoms with E-state index in [0.717, 1.165) is 40.0 Å². The topological polar surface area (TPSA) is 118 Å². The van der Waals surface area contributed by atoms with Gasteiger partial charge in [0.25, 0.3) is 5.91 Å². The molecule has 1 heterocycles. The molecule has 35 heavy (non-hydrogen) atoms. The van der Waals surface area contributed by atoms with Gasteiger partial charge in [0.2, 0.25) is 0 Å². The number of aromatic nitrogens is 1. The molecule has 0 aliphatic heterocycles. The van der Waals surface area contributed by atoms with Crippen molar-refractivity contribution in [3.05, 3.63) is 75.7 Å². The number of fused-ring (bicyclic) bond motifs is 3. The molecule has 0 bridgehead atoms. The average molecular weight is 494 g/mol. The van der Waals surface area contributed by atoms with Crippen LogP contribution in [0.25, 0.3) is 11.1 Å². The lowest BCUT2D eigenvalue weighted by atomic mass is 9.98. The third kappa shape index (κ3) is 5.86. The van der Waals surface area contributed by atoms with Crippen LogP contribution in [0.5, 0.6) is 0 Å². The lowest BCUT2D eigenvalue weighted by molar-refractivity contribution is -0.137. The lowest BCUT2D eigenvalue weighted by Crippen LogP contribution is -2.36. The van der Waals surface area contributed by atoms with Gasteiger partial charge < -0.3 is 20.5 Å². The summed E-state index contributed by atoms with van der Waals surface area (Å²) in [5.74, 6) is -1.35. The van der Waals surface area contributed by atoms with Crippen LogP contribution in [0.4, 0.5) is 4.79 Å². The van der Waals surface area contributed by atoms with Crippen LogP contribution in [-0.4, -0.2) is 40.7 Å². The van der Waals surface area contributed by atoms with E-state index in [1.54, 1.807) is 0 Å². The number of benzene rings is 2. The van der Waals surface area contributed by atoms with E-state index in [1.165, 1.54) is 6.20 Å². The van der Waals surface area contributed by atoms with E-state index in [-0.39, 0.29) is 31.4 Å². The maximum atomic E-state index is 12.5. The van der Waals surface area contributed by atoms with Crippen molar-refractivity contribution < 1.29 is 24.2 Å². The molecule has 8 nitrogen and oxygen atoms in total. The minimum absolute atomic E-state index is 0.0230. The molecule has 2 aromatic carbocycles. The van der Waals surface area contributed by atoms with E-state index in [0.29, 0.717) is 16.3 Å². The predicted molar refractivity (Wildman–Crippen MR) is 132 cm³/mol. The Morgan fingerprint density at radius 1 is 1.09 bits per heavy atom. The highest BCUT2D eigenvalue weighted by molar-refractivity contribution is 7.13. The Labute approximate surface area is 207 Å². The minimum Gasteiger partial charge on any atom is -0.481 e. The lowest BCUT2D eigenvalue weighted by Gasteiger charge is -2.15. The standard InChI is InChI=1S/C26H27N3O5S/c1-2-7-16(12-24(30)31)29-25(32)22-13-27-23(35-22)14-28-26(33)34-15-21-19-10-5-3-8-17(19)18-9-4-6-11-20(18)21/h3-6,8-11,13,16,21H,2,7,12,14-15H2,1H3,(H,28,33)(H,29,32)(H,30,31). The van der Waals surface area contributed by atoms with Crippen molar-refractivity contribution in [1.29, 1.82) is 0 Å². The predicted octanol–water partition coefficient (Wildman–Crippen LogP) is 4.56. The second-order valence-corrected chi connectivity index (χ2v) is 9.47. The van der Waals surface area contributed by atoms with Gasteiger partial charge in [0.1, 0.15) is 16.5 Å². The van der Waals surface area contributed by atoms with Crippen molar-refractivity contribution in [1.82, 2.24) is 15.6 Å². The van der Waals surface area contributed by atoms with Crippen LogP contribution in [-0.2, 0) is 16.1 Å². The number of rotatable bonds is 10. The quantitative estimate of drug-likeness (QED) is 0.381. The van der Waals surface area contributed by atoms with Crippen LogP contribution < -0.4 is 10.6 Å². The van der Waals surface area contributed by atoms with E-state index in [1.807, 2.05) is 31.2 Å². The van der Waals surface area contributed by atoms with E-state index in [2.05, 4.69) is 39.9 Å². The van der Waals surface area contributed by atoms with E-state index < -0.39 is 18.1 Å². The van der Waals surface area contributed by atoms with E-state index in [9.17, 15) is 14.4 Å². The number of hydrogen-bond acceptors (Lipinski definition) is 6. The van der Waals surface area contributed by atoms with Crippen molar-refractivity contribution >= 4 is 29.3 Å². The Kier molecular flexibility index (Phi) is 7.77. The zero-order valence-corrected chi connectivity index (χ0v) is 20.1. The van der Waals surface area contributed by atoms with Crippen LogP contribution in [0.15, 0.2) is 54.7 Å². The van der Waals surface area contributed by atoms with Crippen LogP contribution in [0.3, 0.4) is 0 Å². The monoisotopic (exact) mass is 493 g/mol. The molecule has 0 saturated carbocycles. The number of amides is 2. The number of carboxylic acid groups (broad SMARTS) is 1. The highest BCUT2D eigenvalue weighted by Crippen LogP contribution is 2.44. The molecule has 0 radical (unpaired) electrons. The summed E-state index contributed by atoms with van der Waals surface area (Å²) in [6, 6.07) is 15.8. The number of nitrogens with zero attached hydrogens (tertiary/aromatic N) is 1. The molecule has 2 amide bonds. The summed E-state index contributed by atoms with van der Waals surface area (Å²) >= 11 is 1.15. The molecule has 3 N–H and O–H groups in total. The number of carbonyl (C=O) groups is 3. The van der Waals surface area contributed by atoms with Crippen LogP contribution in [0.1, 0.15) is 57.9 Å². The van der Waals surface area contributed by atoms with Gasteiger partial charge in [-0.2, -0.15) is 0 Å². The highest BCUT2D eigenvalue weighted by Gasteiger charge is 2.29. The number of nitrogens with one attached hydrogen (secondary N) is 2. The smallest absolute Gasteiger partial charge is 0.407 e. The van der Waals surface area contributed by atoms with Crippen molar-refractivity contribution in [3.63, 3.8) is 0 Å². The molecular formula is C26H27N3O5S. The minimum atomic E-state index is -0.957. The number of carbonyl (C=O) groups excluding carboxylic acids is 2. The maximum Gasteiger partial charge on any atom is 0.407 e. The van der Waals surface area contributed by atoms with Crippen LogP contribution >= 0.6 is 11.3 Å². The second kappa shape index (κ2) is 11.1. The summed E-state index contributed by atoms with van der Waals surface area (Å²) in [6.45, 7) is 2.27. The third-order valence-electron chi connectivity index (χ3n) is 5.90. The zero-order chi connectivity index (χ0) is 24.8. The van der Waals surface area contributed by atoms with E-state index >= 15 is 0 Å². The number of ether oxygens (including phenoxy) is 1. The number of alkyl carbamates (subject to hydrolysis) is 1. The SMILES string of the molecule is CCCC(CC(=O)O)NC(=O)c1cnc(CNC(=O)OCC2c3ccccc3-c3ccccc32)s1. The molecular weight excluding hydrogens is 466 g/mol. The zero-order valence-electron chi connectivity index (χ0n) is 19.3. The molecule has 0 saturated heterocycles. The van der Waals surface area contributed by atoms with Gasteiger partial charge in [-0.05, 0) is 28.7 Å². The summed E-state index contributed by atoms with van der Waals surface area (Å²) in [4.78, 5) is 40.4. The third-order valence-corrected chi connectivity index (χ3v) is 6.89. The molecule has 3 aromatic rings. The first-order valence-electron chi connectivity index (χ1n) is 11.5. The Morgan fingerprint density at radius 3 is 2.37 bits per heavy atom. The normalized spacial score (nSPS) is 12.9. The van der Waals surface area contributed by atoms with Crippen LogP contribution in [0, 0.1) is 0 Å². The van der Waals surface area contributed by atoms with Gasteiger partial charge in [-0.15, -0.1) is 11.3 Å².